The van der Waals surface area contributed by atoms with E-state index in [0.29, 0.717) is 11.3 Å². The molecule has 0 spiro atoms. The van der Waals surface area contributed by atoms with Crippen LogP contribution in [-0.2, 0) is 4.79 Å². The smallest absolute Gasteiger partial charge is 0.308 e. The number of rotatable bonds is 4. The van der Waals surface area contributed by atoms with Crippen molar-refractivity contribution in [1.29, 1.82) is 0 Å². The van der Waals surface area contributed by atoms with Gasteiger partial charge in [0.1, 0.15) is 11.3 Å². The summed E-state index contributed by atoms with van der Waals surface area (Å²) in [5, 5.41) is 0.926. The number of benzene rings is 2. The first-order valence-corrected chi connectivity index (χ1v) is 7.56. The summed E-state index contributed by atoms with van der Waals surface area (Å²) in [6, 6.07) is 17.2. The summed E-state index contributed by atoms with van der Waals surface area (Å²) in [7, 11) is 1.64. The lowest BCUT2D eigenvalue weighted by Crippen LogP contribution is -2.02. The van der Waals surface area contributed by atoms with E-state index in [-0.39, 0.29) is 5.97 Å². The molecule has 120 valence electrons. The zero-order chi connectivity index (χ0) is 16.9. The van der Waals surface area contributed by atoms with Gasteiger partial charge in [-0.25, -0.2) is 4.98 Å². The molecule has 0 amide bonds. The average molecular weight is 319 g/mol. The normalized spacial score (nSPS) is 10.9. The molecule has 1 heterocycles. The molecule has 24 heavy (non-hydrogen) atoms. The van der Waals surface area contributed by atoms with Gasteiger partial charge in [0, 0.05) is 12.3 Å². The minimum atomic E-state index is -0.358. The lowest BCUT2D eigenvalue weighted by atomic mass is 10.1. The predicted octanol–water partition coefficient (Wildman–Crippen LogP) is 4.34. The number of esters is 1. The van der Waals surface area contributed by atoms with Crippen LogP contribution in [0.25, 0.3) is 23.1 Å². The molecule has 0 fully saturated rings. The van der Waals surface area contributed by atoms with Crippen LogP contribution in [-0.4, -0.2) is 18.1 Å². The van der Waals surface area contributed by atoms with Crippen molar-refractivity contribution in [3.63, 3.8) is 0 Å². The average Bonchev–Trinajstić information content (AvgIpc) is 2.60. The van der Waals surface area contributed by atoms with E-state index in [1.165, 1.54) is 6.92 Å². The molecule has 0 saturated carbocycles. The van der Waals surface area contributed by atoms with E-state index in [2.05, 4.69) is 4.98 Å². The number of carbonyl (C=O) groups excluding carboxylic acids is 1. The van der Waals surface area contributed by atoms with Gasteiger partial charge in [0.05, 0.1) is 12.8 Å². The van der Waals surface area contributed by atoms with Crippen LogP contribution < -0.4 is 9.47 Å². The summed E-state index contributed by atoms with van der Waals surface area (Å²) in [6.45, 7) is 1.38. The van der Waals surface area contributed by atoms with Crippen LogP contribution in [0.3, 0.4) is 0 Å². The van der Waals surface area contributed by atoms with Gasteiger partial charge in [-0.15, -0.1) is 0 Å². The molecule has 0 aliphatic rings. The van der Waals surface area contributed by atoms with Crippen molar-refractivity contribution in [2.24, 2.45) is 0 Å². The second kappa shape index (κ2) is 6.96. The van der Waals surface area contributed by atoms with Gasteiger partial charge >= 0.3 is 5.97 Å². The number of nitrogens with zero attached hydrogens (tertiary/aromatic N) is 1. The van der Waals surface area contributed by atoms with Gasteiger partial charge in [-0.3, -0.25) is 4.79 Å². The van der Waals surface area contributed by atoms with Crippen LogP contribution in [0.15, 0.2) is 54.6 Å². The Hall–Kier alpha value is -3.14. The maximum atomic E-state index is 11.2. The van der Waals surface area contributed by atoms with E-state index in [1.54, 1.807) is 13.2 Å². The van der Waals surface area contributed by atoms with E-state index in [4.69, 9.17) is 9.47 Å². The molecule has 3 rings (SSSR count). The number of carbonyl (C=O) groups is 1. The first-order chi connectivity index (χ1) is 11.7. The fourth-order valence-corrected chi connectivity index (χ4v) is 2.36. The Morgan fingerprint density at radius 3 is 2.50 bits per heavy atom. The standard InChI is InChI=1S/C20H17NO3/c1-14(22)24-19-5-3-4-16-9-11-17(21-20(16)19)10-6-15-7-12-18(23-2)13-8-15/h3-13H,1-2H3/b10-6+. The van der Waals surface area contributed by atoms with Crippen LogP contribution in [0.4, 0.5) is 0 Å². The predicted molar refractivity (Wildman–Crippen MR) is 95.0 cm³/mol. The quantitative estimate of drug-likeness (QED) is 0.530. The molecular weight excluding hydrogens is 302 g/mol. The third kappa shape index (κ3) is 3.60. The third-order valence-electron chi connectivity index (χ3n) is 3.52. The number of hydrogen-bond acceptors (Lipinski definition) is 4. The fraction of sp³-hybridized carbons (Fsp3) is 0.100. The molecule has 0 bridgehead atoms. The van der Waals surface area contributed by atoms with E-state index in [0.717, 1.165) is 22.4 Å². The van der Waals surface area contributed by atoms with Crippen molar-refractivity contribution in [2.75, 3.05) is 7.11 Å². The summed E-state index contributed by atoms with van der Waals surface area (Å²) in [6.07, 6.45) is 3.90. The highest BCUT2D eigenvalue weighted by molar-refractivity contribution is 5.88. The molecular formula is C20H17NO3. The van der Waals surface area contributed by atoms with E-state index in [1.807, 2.05) is 60.7 Å². The first kappa shape index (κ1) is 15.7. The van der Waals surface area contributed by atoms with E-state index < -0.39 is 0 Å². The van der Waals surface area contributed by atoms with Crippen molar-refractivity contribution in [1.82, 2.24) is 4.98 Å². The van der Waals surface area contributed by atoms with E-state index in [9.17, 15) is 4.79 Å². The van der Waals surface area contributed by atoms with Gasteiger partial charge in [0.2, 0.25) is 0 Å². The van der Waals surface area contributed by atoms with Crippen molar-refractivity contribution < 1.29 is 14.3 Å². The molecule has 4 nitrogen and oxygen atoms in total. The zero-order valence-electron chi connectivity index (χ0n) is 13.5. The van der Waals surface area contributed by atoms with Crippen molar-refractivity contribution >= 4 is 29.0 Å². The summed E-state index contributed by atoms with van der Waals surface area (Å²) in [5.41, 5.74) is 2.51. The highest BCUT2D eigenvalue weighted by Gasteiger charge is 2.06. The second-order valence-electron chi connectivity index (χ2n) is 5.26. The lowest BCUT2D eigenvalue weighted by Gasteiger charge is -2.06. The second-order valence-corrected chi connectivity index (χ2v) is 5.26. The van der Waals surface area contributed by atoms with Gasteiger partial charge in [-0.05, 0) is 35.9 Å². The first-order valence-electron chi connectivity index (χ1n) is 7.56. The van der Waals surface area contributed by atoms with Crippen LogP contribution in [0.1, 0.15) is 18.2 Å². The van der Waals surface area contributed by atoms with Crippen LogP contribution >= 0.6 is 0 Å². The number of fused-ring (bicyclic) bond motifs is 1. The van der Waals surface area contributed by atoms with Crippen molar-refractivity contribution in [2.45, 2.75) is 6.92 Å². The molecule has 0 atom stereocenters. The molecule has 2 aromatic carbocycles. The Morgan fingerprint density at radius 1 is 1.00 bits per heavy atom. The van der Waals surface area contributed by atoms with Crippen molar-refractivity contribution in [3.05, 3.63) is 65.9 Å². The Bertz CT molecular complexity index is 898. The van der Waals surface area contributed by atoms with Crippen molar-refractivity contribution in [3.8, 4) is 11.5 Å². The molecule has 0 saturated heterocycles. The fourth-order valence-electron chi connectivity index (χ4n) is 2.36. The molecule has 0 radical (unpaired) electrons. The van der Waals surface area contributed by atoms with Crippen LogP contribution in [0.2, 0.25) is 0 Å². The highest BCUT2D eigenvalue weighted by atomic mass is 16.5. The lowest BCUT2D eigenvalue weighted by molar-refractivity contribution is -0.131. The Kier molecular flexibility index (Phi) is 4.57. The van der Waals surface area contributed by atoms with Gasteiger partial charge in [-0.1, -0.05) is 36.4 Å². The number of para-hydroxylation sites is 1. The largest absolute Gasteiger partial charge is 0.497 e. The van der Waals surface area contributed by atoms with E-state index >= 15 is 0 Å². The molecule has 0 aliphatic heterocycles. The number of methoxy groups -OCH3 is 1. The Morgan fingerprint density at radius 2 is 1.79 bits per heavy atom. The van der Waals surface area contributed by atoms with Gasteiger partial charge < -0.3 is 9.47 Å². The van der Waals surface area contributed by atoms with Gasteiger partial charge in [0.25, 0.3) is 0 Å². The number of ether oxygens (including phenoxy) is 2. The number of pyridine rings is 1. The monoisotopic (exact) mass is 319 g/mol. The van der Waals surface area contributed by atoms with Crippen LogP contribution in [0.5, 0.6) is 11.5 Å². The molecule has 4 heteroatoms. The maximum absolute atomic E-state index is 11.2. The Balaban J connectivity index is 1.91. The number of aromatic nitrogens is 1. The van der Waals surface area contributed by atoms with Gasteiger partial charge in [-0.2, -0.15) is 0 Å². The summed E-state index contributed by atoms with van der Waals surface area (Å²) in [4.78, 5) is 15.8. The summed E-state index contributed by atoms with van der Waals surface area (Å²) in [5.74, 6) is 0.935. The molecule has 0 aliphatic carbocycles. The molecule has 0 unspecified atom stereocenters. The summed E-state index contributed by atoms with van der Waals surface area (Å²) < 4.78 is 10.4. The minimum absolute atomic E-state index is 0.358. The minimum Gasteiger partial charge on any atom is -0.497 e. The van der Waals surface area contributed by atoms with Gasteiger partial charge in [0.15, 0.2) is 5.75 Å². The molecule has 0 N–H and O–H groups in total. The maximum Gasteiger partial charge on any atom is 0.308 e. The molecule has 1 aromatic heterocycles. The summed E-state index contributed by atoms with van der Waals surface area (Å²) >= 11 is 0. The Labute approximate surface area is 140 Å². The topological polar surface area (TPSA) is 48.4 Å². The molecule has 3 aromatic rings. The third-order valence-corrected chi connectivity index (χ3v) is 3.52. The highest BCUT2D eigenvalue weighted by Crippen LogP contribution is 2.24. The van der Waals surface area contributed by atoms with Crippen LogP contribution in [0, 0.1) is 0 Å². The number of hydrogen-bond donors (Lipinski definition) is 0. The zero-order valence-corrected chi connectivity index (χ0v) is 13.5. The SMILES string of the molecule is COc1ccc(/C=C/c2ccc3cccc(OC(C)=O)c3n2)cc1.